The molecule has 31 heavy (non-hydrogen) atoms. The summed E-state index contributed by atoms with van der Waals surface area (Å²) in [6, 6.07) is 3.94. The lowest BCUT2D eigenvalue weighted by Gasteiger charge is -2.10. The molecule has 0 aliphatic rings. The van der Waals surface area contributed by atoms with Crippen LogP contribution < -0.4 is 10.1 Å². The predicted molar refractivity (Wildman–Crippen MR) is 108 cm³/mol. The molecule has 10 nitrogen and oxygen atoms in total. The lowest BCUT2D eigenvalue weighted by Crippen LogP contribution is -2.29. The number of H-pyrrole nitrogens is 1. The lowest BCUT2D eigenvalue weighted by atomic mass is 10.1. The number of nitrogens with one attached hydrogen (secondary N) is 2. The number of nitrogens with zero attached hydrogens (tertiary/aromatic N) is 5. The van der Waals surface area contributed by atoms with Crippen LogP contribution in [0.2, 0.25) is 0 Å². The molecule has 0 aliphatic carbocycles. The fourth-order valence-electron chi connectivity index (χ4n) is 3.30. The first-order chi connectivity index (χ1) is 15.0. The molecule has 0 fully saturated rings. The number of amides is 1. The summed E-state index contributed by atoms with van der Waals surface area (Å²) in [6.07, 6.45) is 5.27. The van der Waals surface area contributed by atoms with E-state index in [9.17, 15) is 9.18 Å². The maximum atomic E-state index is 13.6. The van der Waals surface area contributed by atoms with Crippen molar-refractivity contribution in [2.24, 2.45) is 7.05 Å². The van der Waals surface area contributed by atoms with Crippen molar-refractivity contribution in [3.63, 3.8) is 0 Å². The zero-order valence-corrected chi connectivity index (χ0v) is 16.5. The third kappa shape index (κ3) is 3.35. The number of aryl methyl sites for hydroxylation is 1. The van der Waals surface area contributed by atoms with Crippen LogP contribution in [0.5, 0.6) is 5.75 Å². The van der Waals surface area contributed by atoms with Gasteiger partial charge in [0.25, 0.3) is 0 Å². The van der Waals surface area contributed by atoms with E-state index in [-0.39, 0.29) is 11.6 Å². The molecule has 0 bridgehead atoms. The van der Waals surface area contributed by atoms with Gasteiger partial charge in [0.2, 0.25) is 5.89 Å². The van der Waals surface area contributed by atoms with Crippen molar-refractivity contribution in [3.8, 4) is 17.1 Å². The van der Waals surface area contributed by atoms with E-state index < -0.39 is 12.1 Å². The molecule has 0 saturated heterocycles. The molecular formula is C20H16FN7O3. The smallest absolute Gasteiger partial charge is 0.413 e. The molecule has 4 heterocycles. The van der Waals surface area contributed by atoms with E-state index in [1.54, 1.807) is 30.9 Å². The van der Waals surface area contributed by atoms with E-state index >= 15 is 0 Å². The number of hydrogen-bond acceptors (Lipinski definition) is 7. The Morgan fingerprint density at radius 1 is 1.35 bits per heavy atom. The lowest BCUT2D eigenvalue weighted by molar-refractivity contribution is 0.195. The van der Waals surface area contributed by atoms with Crippen LogP contribution in [0.25, 0.3) is 33.5 Å². The summed E-state index contributed by atoms with van der Waals surface area (Å²) in [5, 5.41) is 7.81. The van der Waals surface area contributed by atoms with Crippen LogP contribution >= 0.6 is 0 Å². The Labute approximate surface area is 174 Å². The molecule has 0 radical (unpaired) electrons. The third-order valence-electron chi connectivity index (χ3n) is 4.76. The third-order valence-corrected chi connectivity index (χ3v) is 4.76. The Morgan fingerprint density at radius 2 is 2.23 bits per heavy atom. The van der Waals surface area contributed by atoms with Gasteiger partial charge in [0.1, 0.15) is 29.5 Å². The van der Waals surface area contributed by atoms with Crippen molar-refractivity contribution in [2.75, 3.05) is 0 Å². The number of fused-ring (bicyclic) bond motifs is 2. The average Bonchev–Trinajstić information content (AvgIpc) is 3.48. The zero-order chi connectivity index (χ0) is 21.5. The van der Waals surface area contributed by atoms with E-state index in [1.165, 1.54) is 30.8 Å². The van der Waals surface area contributed by atoms with Gasteiger partial charge < -0.3 is 19.5 Å². The van der Waals surface area contributed by atoms with Gasteiger partial charge in [0, 0.05) is 18.6 Å². The van der Waals surface area contributed by atoms with Crippen molar-refractivity contribution in [2.45, 2.75) is 13.0 Å². The summed E-state index contributed by atoms with van der Waals surface area (Å²) in [6.45, 7) is 1.72. The number of carbonyl (C=O) groups is 1. The molecule has 156 valence electrons. The maximum Gasteiger partial charge on any atom is 0.413 e. The van der Waals surface area contributed by atoms with Crippen LogP contribution in [0.15, 0.2) is 47.5 Å². The summed E-state index contributed by atoms with van der Waals surface area (Å²) in [7, 11) is 1.72. The topological polar surface area (TPSA) is 124 Å². The van der Waals surface area contributed by atoms with E-state index in [0.717, 1.165) is 5.39 Å². The van der Waals surface area contributed by atoms with Crippen LogP contribution in [0.4, 0.5) is 9.18 Å². The Morgan fingerprint density at radius 3 is 3.03 bits per heavy atom. The molecule has 0 aliphatic heterocycles. The van der Waals surface area contributed by atoms with Gasteiger partial charge in [-0.15, -0.1) is 0 Å². The standard InChI is InChI=1S/C20H16FN7O3/c1-10(19-22-5-6-30-19)25-20(29)31-15-9-24-18-17(15)26-13(8-23-18)16-12-4-3-11(21)7-14(12)28(2)27-16/h3-10H,1-2H3,(H,23,24)(H,25,29)/t10-/m0/s1. The molecule has 5 aromatic rings. The van der Waals surface area contributed by atoms with Crippen LogP contribution in [0, 0.1) is 5.82 Å². The Balaban J connectivity index is 1.46. The molecule has 0 unspecified atom stereocenters. The second kappa shape index (κ2) is 7.20. The van der Waals surface area contributed by atoms with E-state index in [1.807, 2.05) is 0 Å². The molecule has 0 saturated carbocycles. The molecular weight excluding hydrogens is 405 g/mol. The molecule has 2 N–H and O–H groups in total. The highest BCUT2D eigenvalue weighted by Crippen LogP contribution is 2.30. The number of benzene rings is 1. The average molecular weight is 421 g/mol. The normalized spacial score (nSPS) is 12.4. The highest BCUT2D eigenvalue weighted by atomic mass is 19.1. The van der Waals surface area contributed by atoms with Crippen molar-refractivity contribution >= 4 is 28.2 Å². The van der Waals surface area contributed by atoms with Gasteiger partial charge in [0.05, 0.1) is 17.9 Å². The highest BCUT2D eigenvalue weighted by molar-refractivity contribution is 5.93. The summed E-state index contributed by atoms with van der Waals surface area (Å²) >= 11 is 0. The number of carbonyl (C=O) groups excluding carboxylic acids is 1. The second-order valence-corrected chi connectivity index (χ2v) is 6.86. The van der Waals surface area contributed by atoms with E-state index in [2.05, 4.69) is 30.4 Å². The summed E-state index contributed by atoms with van der Waals surface area (Å²) in [4.78, 5) is 28.1. The maximum absolute atomic E-state index is 13.6. The van der Waals surface area contributed by atoms with Crippen LogP contribution in [-0.2, 0) is 7.05 Å². The number of oxazole rings is 1. The predicted octanol–water partition coefficient (Wildman–Crippen LogP) is 3.49. The molecule has 0 spiro atoms. The van der Waals surface area contributed by atoms with Gasteiger partial charge in [-0.25, -0.2) is 24.1 Å². The number of halogens is 1. The summed E-state index contributed by atoms with van der Waals surface area (Å²) in [5.74, 6) is 0.207. The molecule has 11 heteroatoms. The monoisotopic (exact) mass is 421 g/mol. The molecule has 1 atom stereocenters. The van der Waals surface area contributed by atoms with Gasteiger partial charge in [-0.05, 0) is 25.1 Å². The number of hydrogen-bond donors (Lipinski definition) is 2. The molecule has 4 aromatic heterocycles. The Kier molecular flexibility index (Phi) is 4.35. The fraction of sp³-hybridized carbons (Fsp3) is 0.150. The van der Waals surface area contributed by atoms with Gasteiger partial charge in [0.15, 0.2) is 16.9 Å². The van der Waals surface area contributed by atoms with Gasteiger partial charge >= 0.3 is 6.09 Å². The number of ether oxygens (including phenoxy) is 1. The SMILES string of the molecule is C[C@H](NC(=O)Oc1c[nH]c2ncc(-c3nn(C)c4cc(F)ccc34)nc12)c1ncco1. The van der Waals surface area contributed by atoms with Gasteiger partial charge in [-0.3, -0.25) is 4.68 Å². The number of rotatable bonds is 4. The Hall–Kier alpha value is -4.28. The Bertz CT molecular complexity index is 1410. The van der Waals surface area contributed by atoms with Crippen LogP contribution in [0.3, 0.4) is 0 Å². The number of aromatic amines is 1. The first-order valence-corrected chi connectivity index (χ1v) is 9.34. The molecule has 5 rings (SSSR count). The minimum absolute atomic E-state index is 0.202. The first kappa shape index (κ1) is 18.7. The van der Waals surface area contributed by atoms with Crippen molar-refractivity contribution in [3.05, 3.63) is 54.8 Å². The highest BCUT2D eigenvalue weighted by Gasteiger charge is 2.19. The van der Waals surface area contributed by atoms with E-state index in [0.29, 0.717) is 34.0 Å². The van der Waals surface area contributed by atoms with Crippen molar-refractivity contribution in [1.82, 2.24) is 35.0 Å². The zero-order valence-electron chi connectivity index (χ0n) is 16.5. The summed E-state index contributed by atoms with van der Waals surface area (Å²) in [5.41, 5.74) is 2.43. The van der Waals surface area contributed by atoms with Gasteiger partial charge in [-0.2, -0.15) is 5.10 Å². The fourth-order valence-corrected chi connectivity index (χ4v) is 3.30. The minimum atomic E-state index is -0.697. The molecule has 1 amide bonds. The van der Waals surface area contributed by atoms with E-state index in [4.69, 9.17) is 9.15 Å². The minimum Gasteiger partial charge on any atom is -0.447 e. The summed E-state index contributed by atoms with van der Waals surface area (Å²) < 4.78 is 25.8. The number of aromatic nitrogens is 6. The van der Waals surface area contributed by atoms with Gasteiger partial charge in [-0.1, -0.05) is 0 Å². The van der Waals surface area contributed by atoms with Crippen LogP contribution in [0.1, 0.15) is 18.9 Å². The largest absolute Gasteiger partial charge is 0.447 e. The first-order valence-electron chi connectivity index (χ1n) is 9.34. The van der Waals surface area contributed by atoms with Crippen molar-refractivity contribution in [1.29, 1.82) is 0 Å². The molecule has 1 aromatic carbocycles. The van der Waals surface area contributed by atoms with Crippen molar-refractivity contribution < 1.29 is 18.3 Å². The van der Waals surface area contributed by atoms with Crippen LogP contribution in [-0.4, -0.2) is 35.8 Å². The quantitative estimate of drug-likeness (QED) is 0.455. The second-order valence-electron chi connectivity index (χ2n) is 6.86.